The molecule has 21 heavy (non-hydrogen) atoms. The Labute approximate surface area is 128 Å². The number of para-hydroxylation sites is 1. The molecule has 1 unspecified atom stereocenters. The van der Waals surface area contributed by atoms with Crippen molar-refractivity contribution in [1.29, 1.82) is 0 Å². The monoisotopic (exact) mass is 313 g/mol. The van der Waals surface area contributed by atoms with E-state index in [4.69, 9.17) is 4.74 Å². The number of nitro benzene ring substituents is 1. The topological polar surface area (TPSA) is 78.7 Å². The largest absolute Gasteiger partial charge is 0.487 e. The first-order chi connectivity index (χ1) is 10.0. The van der Waals surface area contributed by atoms with Gasteiger partial charge in [-0.1, -0.05) is 19.9 Å². The molecular weight excluding hydrogens is 294 g/mol. The van der Waals surface area contributed by atoms with E-state index in [1.165, 1.54) is 18.9 Å². The second-order valence-electron chi connectivity index (χ2n) is 4.44. The average molecular weight is 313 g/mol. The molecule has 0 amide bonds. The summed E-state index contributed by atoms with van der Waals surface area (Å²) in [7, 11) is 1.32. The Kier molecular flexibility index (Phi) is 7.01. The maximum Gasteiger partial charge on any atom is 0.324 e. The molecule has 1 rings (SSSR count). The van der Waals surface area contributed by atoms with Crippen molar-refractivity contribution in [1.82, 2.24) is 0 Å². The van der Waals surface area contributed by atoms with Crippen molar-refractivity contribution in [3.8, 4) is 5.75 Å². The molecule has 0 aliphatic heterocycles. The van der Waals surface area contributed by atoms with Gasteiger partial charge in [-0.05, 0) is 18.6 Å². The molecule has 0 heterocycles. The Balaban J connectivity index is 2.90. The Morgan fingerprint density at radius 3 is 2.76 bits per heavy atom. The van der Waals surface area contributed by atoms with Gasteiger partial charge in [-0.3, -0.25) is 14.9 Å². The van der Waals surface area contributed by atoms with E-state index in [9.17, 15) is 14.9 Å². The van der Waals surface area contributed by atoms with Gasteiger partial charge in [0.05, 0.1) is 29.5 Å². The molecule has 0 aliphatic carbocycles. The summed E-state index contributed by atoms with van der Waals surface area (Å²) in [4.78, 5) is 22.7. The molecule has 116 valence electrons. The molecule has 1 aromatic rings. The van der Waals surface area contributed by atoms with Crippen molar-refractivity contribution in [2.45, 2.75) is 25.2 Å². The van der Waals surface area contributed by atoms with Gasteiger partial charge in [0.1, 0.15) is 0 Å². The van der Waals surface area contributed by atoms with Crippen LogP contribution < -0.4 is 4.74 Å². The number of nitrogens with zero attached hydrogens (tertiary/aromatic N) is 1. The lowest BCUT2D eigenvalue weighted by Crippen LogP contribution is -2.14. The van der Waals surface area contributed by atoms with E-state index in [1.807, 2.05) is 6.92 Å². The first-order valence-electron chi connectivity index (χ1n) is 6.62. The van der Waals surface area contributed by atoms with Crippen LogP contribution in [0.4, 0.5) is 5.69 Å². The van der Waals surface area contributed by atoms with Crippen molar-refractivity contribution >= 4 is 23.4 Å². The van der Waals surface area contributed by atoms with E-state index in [0.29, 0.717) is 17.3 Å². The molecule has 0 aromatic heterocycles. The van der Waals surface area contributed by atoms with Crippen LogP contribution in [0.15, 0.2) is 23.1 Å². The zero-order chi connectivity index (χ0) is 15.8. The first kappa shape index (κ1) is 17.3. The van der Waals surface area contributed by atoms with E-state index in [-0.39, 0.29) is 23.3 Å². The van der Waals surface area contributed by atoms with Gasteiger partial charge in [0.2, 0.25) is 0 Å². The van der Waals surface area contributed by atoms with Crippen LogP contribution in [0, 0.1) is 16.0 Å². The number of carbonyl (C=O) groups is 1. The van der Waals surface area contributed by atoms with Crippen molar-refractivity contribution in [2.24, 2.45) is 5.92 Å². The standard InChI is InChI=1S/C14H19NO5S/c1-4-8-20-11-6-5-7-12(13(11)15(17)18)21-9-10(2)14(16)19-3/h5-7,10H,4,8-9H2,1-3H3. The molecule has 0 spiro atoms. The molecule has 0 saturated heterocycles. The maximum absolute atomic E-state index is 11.4. The summed E-state index contributed by atoms with van der Waals surface area (Å²) in [6, 6.07) is 4.95. The Hall–Kier alpha value is -1.76. The number of ether oxygens (including phenoxy) is 2. The second kappa shape index (κ2) is 8.51. The summed E-state index contributed by atoms with van der Waals surface area (Å²) in [6.07, 6.45) is 0.772. The van der Waals surface area contributed by atoms with Gasteiger partial charge in [-0.2, -0.15) is 0 Å². The third-order valence-electron chi connectivity index (χ3n) is 2.70. The normalized spacial score (nSPS) is 11.8. The SMILES string of the molecule is CCCOc1cccc(SCC(C)C(=O)OC)c1[N+](=O)[O-]. The van der Waals surface area contributed by atoms with Gasteiger partial charge in [0, 0.05) is 5.75 Å². The quantitative estimate of drug-likeness (QED) is 0.317. The summed E-state index contributed by atoms with van der Waals surface area (Å²) in [5.74, 6) is 0.00557. The molecule has 0 fully saturated rings. The van der Waals surface area contributed by atoms with E-state index in [2.05, 4.69) is 4.74 Å². The molecule has 6 nitrogen and oxygen atoms in total. The van der Waals surface area contributed by atoms with Gasteiger partial charge < -0.3 is 9.47 Å². The van der Waals surface area contributed by atoms with Crippen LogP contribution in [0.25, 0.3) is 0 Å². The predicted octanol–water partition coefficient (Wildman–Crippen LogP) is 3.28. The average Bonchev–Trinajstić information content (AvgIpc) is 2.49. The molecule has 1 atom stereocenters. The highest BCUT2D eigenvalue weighted by Gasteiger charge is 2.23. The zero-order valence-corrected chi connectivity index (χ0v) is 13.1. The minimum absolute atomic E-state index is 0.0481. The smallest absolute Gasteiger partial charge is 0.324 e. The number of esters is 1. The zero-order valence-electron chi connectivity index (χ0n) is 12.3. The van der Waals surface area contributed by atoms with Crippen molar-refractivity contribution < 1.29 is 19.2 Å². The molecule has 1 aromatic carbocycles. The van der Waals surface area contributed by atoms with E-state index in [1.54, 1.807) is 25.1 Å². The number of benzene rings is 1. The molecule has 0 bridgehead atoms. The number of nitro groups is 1. The van der Waals surface area contributed by atoms with Gasteiger partial charge in [-0.25, -0.2) is 0 Å². The first-order valence-corrected chi connectivity index (χ1v) is 7.60. The molecule has 0 saturated carbocycles. The van der Waals surface area contributed by atoms with E-state index < -0.39 is 4.92 Å². The third kappa shape index (κ3) is 4.93. The van der Waals surface area contributed by atoms with Gasteiger partial charge in [0.15, 0.2) is 5.75 Å². The predicted molar refractivity (Wildman–Crippen MR) is 80.8 cm³/mol. The van der Waals surface area contributed by atoms with Crippen molar-refractivity contribution in [3.63, 3.8) is 0 Å². The summed E-state index contributed by atoms with van der Waals surface area (Å²) in [5, 5.41) is 11.3. The number of methoxy groups -OCH3 is 1. The molecular formula is C14H19NO5S. The summed E-state index contributed by atoms with van der Waals surface area (Å²) in [5.41, 5.74) is -0.0481. The second-order valence-corrected chi connectivity index (χ2v) is 5.51. The van der Waals surface area contributed by atoms with E-state index in [0.717, 1.165) is 6.42 Å². The maximum atomic E-state index is 11.4. The van der Waals surface area contributed by atoms with Crippen LogP contribution in [0.2, 0.25) is 0 Å². The lowest BCUT2D eigenvalue weighted by Gasteiger charge is -2.11. The fourth-order valence-corrected chi connectivity index (χ4v) is 2.66. The Morgan fingerprint density at radius 2 is 2.19 bits per heavy atom. The van der Waals surface area contributed by atoms with Crippen LogP contribution in [0.3, 0.4) is 0 Å². The highest BCUT2D eigenvalue weighted by Crippen LogP contribution is 2.37. The van der Waals surface area contributed by atoms with Crippen LogP contribution in [-0.2, 0) is 9.53 Å². The van der Waals surface area contributed by atoms with Gasteiger partial charge in [-0.15, -0.1) is 11.8 Å². The summed E-state index contributed by atoms with van der Waals surface area (Å²) >= 11 is 1.25. The van der Waals surface area contributed by atoms with Crippen LogP contribution in [0.5, 0.6) is 5.75 Å². The van der Waals surface area contributed by atoms with E-state index >= 15 is 0 Å². The minimum Gasteiger partial charge on any atom is -0.487 e. The number of carbonyl (C=O) groups excluding carboxylic acids is 1. The number of rotatable bonds is 8. The van der Waals surface area contributed by atoms with Crippen LogP contribution in [0.1, 0.15) is 20.3 Å². The number of hydrogen-bond acceptors (Lipinski definition) is 6. The molecule has 0 radical (unpaired) electrons. The molecule has 0 aliphatic rings. The Morgan fingerprint density at radius 1 is 1.48 bits per heavy atom. The highest BCUT2D eigenvalue weighted by molar-refractivity contribution is 7.99. The van der Waals surface area contributed by atoms with Gasteiger partial charge >= 0.3 is 11.7 Å². The molecule has 0 N–H and O–H groups in total. The van der Waals surface area contributed by atoms with Crippen molar-refractivity contribution in [2.75, 3.05) is 19.5 Å². The highest BCUT2D eigenvalue weighted by atomic mass is 32.2. The fraction of sp³-hybridized carbons (Fsp3) is 0.500. The third-order valence-corrected chi connectivity index (χ3v) is 4.01. The Bertz CT molecular complexity index is 506. The lowest BCUT2D eigenvalue weighted by atomic mass is 10.2. The molecule has 7 heteroatoms. The fourth-order valence-electron chi connectivity index (χ4n) is 1.61. The number of hydrogen-bond donors (Lipinski definition) is 0. The minimum atomic E-state index is -0.448. The summed E-state index contributed by atoms with van der Waals surface area (Å²) in [6.45, 7) is 4.08. The van der Waals surface area contributed by atoms with Crippen LogP contribution in [-0.4, -0.2) is 30.4 Å². The summed E-state index contributed by atoms with van der Waals surface area (Å²) < 4.78 is 10.1. The van der Waals surface area contributed by atoms with Crippen molar-refractivity contribution in [3.05, 3.63) is 28.3 Å². The lowest BCUT2D eigenvalue weighted by molar-refractivity contribution is -0.388. The number of thioether (sulfide) groups is 1. The van der Waals surface area contributed by atoms with Crippen LogP contribution >= 0.6 is 11.8 Å². The van der Waals surface area contributed by atoms with Gasteiger partial charge in [0.25, 0.3) is 0 Å².